The molecule has 188 valence electrons. The Bertz CT molecular complexity index is 1260. The summed E-state index contributed by atoms with van der Waals surface area (Å²) in [4.78, 5) is 33.5. The Hall–Kier alpha value is -3.43. The number of nitrogens with one attached hydrogen (secondary N) is 1. The summed E-state index contributed by atoms with van der Waals surface area (Å²) in [5.41, 5.74) is 0.410. The number of ether oxygens (including phenoxy) is 3. The van der Waals surface area contributed by atoms with Crippen LogP contribution in [0.1, 0.15) is 52.4 Å². The Kier molecular flexibility index (Phi) is 8.56. The number of carbonyl (C=O) groups excluding carboxylic acids is 2. The zero-order valence-electron chi connectivity index (χ0n) is 19.9. The zero-order valence-corrected chi connectivity index (χ0v) is 21.5. The number of hydrogen-bond donors (Lipinski definition) is 1. The predicted octanol–water partition coefficient (Wildman–Crippen LogP) is 5.78. The minimum Gasteiger partial charge on any atom is -0.493 e. The third-order valence-corrected chi connectivity index (χ3v) is 6.34. The van der Waals surface area contributed by atoms with Gasteiger partial charge in [0.25, 0.3) is 11.1 Å². The minimum absolute atomic E-state index is 0.0883. The topological polar surface area (TPSA) is 99.6 Å². The monoisotopic (exact) mass is 527 g/mol. The highest BCUT2D eigenvalue weighted by molar-refractivity contribution is 7.14. The minimum atomic E-state index is -0.567. The second-order valence-corrected chi connectivity index (χ2v) is 9.68. The molecule has 1 aliphatic carbocycles. The number of aromatic nitrogens is 2. The van der Waals surface area contributed by atoms with E-state index in [0.29, 0.717) is 27.4 Å². The Morgan fingerprint density at radius 2 is 2.08 bits per heavy atom. The van der Waals surface area contributed by atoms with Gasteiger partial charge in [0, 0.05) is 30.1 Å². The van der Waals surface area contributed by atoms with Crippen molar-refractivity contribution in [2.45, 2.75) is 32.7 Å². The van der Waals surface area contributed by atoms with Gasteiger partial charge in [-0.2, -0.15) is 0 Å². The van der Waals surface area contributed by atoms with Gasteiger partial charge < -0.3 is 19.5 Å². The van der Waals surface area contributed by atoms with Crippen molar-refractivity contribution in [2.24, 2.45) is 5.92 Å². The maximum atomic E-state index is 12.6. The fraction of sp³-hybridized carbons (Fsp3) is 0.308. The molecule has 0 spiro atoms. The number of nitrogens with zero attached hydrogens (tertiary/aromatic N) is 2. The molecule has 36 heavy (non-hydrogen) atoms. The molecule has 1 aromatic carbocycles. The van der Waals surface area contributed by atoms with E-state index in [0.717, 1.165) is 17.2 Å². The molecule has 0 unspecified atom stereocenters. The molecular weight excluding hydrogens is 502 g/mol. The predicted molar refractivity (Wildman–Crippen MR) is 138 cm³/mol. The molecule has 2 heterocycles. The fourth-order valence-corrected chi connectivity index (χ4v) is 4.01. The Morgan fingerprint density at radius 1 is 1.25 bits per heavy atom. The first kappa shape index (κ1) is 25.7. The van der Waals surface area contributed by atoms with Crippen molar-refractivity contribution in [3.63, 3.8) is 0 Å². The summed E-state index contributed by atoms with van der Waals surface area (Å²) >= 11 is 7.70. The standard InChI is InChI=1S/C26H26ClN3O5S/c1-3-33-25(32)22-12-18(10-11-28-22)24(31)30-16(2)4-8-20-14-29-26(36-20)35-23-9-7-19(13-21(23)27)34-15-17-5-6-17/h4,7-14,16-17H,3,5-6,15H2,1-2H3,(H,30,31)/b8-4+/t16-/m0/s1. The maximum Gasteiger partial charge on any atom is 0.356 e. The van der Waals surface area contributed by atoms with Crippen molar-refractivity contribution in [3.05, 3.63) is 70.0 Å². The van der Waals surface area contributed by atoms with Crippen LogP contribution < -0.4 is 14.8 Å². The Balaban J connectivity index is 1.30. The normalized spacial score (nSPS) is 13.9. The van der Waals surface area contributed by atoms with E-state index in [1.165, 1.54) is 42.5 Å². The van der Waals surface area contributed by atoms with Crippen LogP contribution in [0.25, 0.3) is 6.08 Å². The smallest absolute Gasteiger partial charge is 0.356 e. The van der Waals surface area contributed by atoms with Crippen molar-refractivity contribution in [2.75, 3.05) is 13.2 Å². The van der Waals surface area contributed by atoms with Crippen molar-refractivity contribution < 1.29 is 23.8 Å². The van der Waals surface area contributed by atoms with E-state index in [4.69, 9.17) is 25.8 Å². The van der Waals surface area contributed by atoms with Crippen LogP contribution in [-0.4, -0.2) is 41.1 Å². The number of benzene rings is 1. The number of amides is 1. The van der Waals surface area contributed by atoms with E-state index >= 15 is 0 Å². The summed E-state index contributed by atoms with van der Waals surface area (Å²) in [5.74, 6) is 0.995. The lowest BCUT2D eigenvalue weighted by molar-refractivity contribution is 0.0519. The highest BCUT2D eigenvalue weighted by Crippen LogP contribution is 2.35. The van der Waals surface area contributed by atoms with Crippen molar-refractivity contribution >= 4 is 40.9 Å². The van der Waals surface area contributed by atoms with Crippen molar-refractivity contribution in [1.82, 2.24) is 15.3 Å². The molecule has 8 nitrogen and oxygen atoms in total. The highest BCUT2D eigenvalue weighted by atomic mass is 35.5. The lowest BCUT2D eigenvalue weighted by Crippen LogP contribution is -2.31. The van der Waals surface area contributed by atoms with Crippen LogP contribution in [0, 0.1) is 5.92 Å². The van der Waals surface area contributed by atoms with E-state index in [2.05, 4.69) is 15.3 Å². The molecular formula is C26H26ClN3O5S. The van der Waals surface area contributed by atoms with E-state index in [1.807, 2.05) is 25.1 Å². The van der Waals surface area contributed by atoms with Gasteiger partial charge in [0.2, 0.25) is 0 Å². The fourth-order valence-electron chi connectivity index (χ4n) is 3.11. The lowest BCUT2D eigenvalue weighted by Gasteiger charge is -2.10. The molecule has 0 aliphatic heterocycles. The molecule has 1 amide bonds. The summed E-state index contributed by atoms with van der Waals surface area (Å²) in [5, 5.41) is 3.76. The van der Waals surface area contributed by atoms with E-state index < -0.39 is 5.97 Å². The first-order chi connectivity index (χ1) is 17.4. The average Bonchev–Trinajstić information content (AvgIpc) is 3.60. The quantitative estimate of drug-likeness (QED) is 0.315. The molecule has 1 saturated carbocycles. The van der Waals surface area contributed by atoms with Crippen LogP contribution >= 0.6 is 22.9 Å². The molecule has 0 saturated heterocycles. The Morgan fingerprint density at radius 3 is 2.83 bits per heavy atom. The van der Waals surface area contributed by atoms with Crippen LogP contribution in [0.2, 0.25) is 5.02 Å². The summed E-state index contributed by atoms with van der Waals surface area (Å²) in [6.45, 7) is 4.50. The maximum absolute atomic E-state index is 12.6. The average molecular weight is 528 g/mol. The van der Waals surface area contributed by atoms with Crippen molar-refractivity contribution in [1.29, 1.82) is 0 Å². The third kappa shape index (κ3) is 7.29. The number of halogens is 1. The van der Waals surface area contributed by atoms with Gasteiger partial charge in [0.05, 0.1) is 23.1 Å². The molecule has 0 radical (unpaired) electrons. The number of esters is 1. The summed E-state index contributed by atoms with van der Waals surface area (Å²) < 4.78 is 16.5. The highest BCUT2D eigenvalue weighted by Gasteiger charge is 2.22. The molecule has 1 atom stereocenters. The second-order valence-electron chi connectivity index (χ2n) is 8.25. The number of thiazole rings is 1. The molecule has 2 aromatic heterocycles. The number of rotatable bonds is 11. The largest absolute Gasteiger partial charge is 0.493 e. The molecule has 1 N–H and O–H groups in total. The first-order valence-electron chi connectivity index (χ1n) is 11.6. The zero-order chi connectivity index (χ0) is 25.5. The van der Waals surface area contributed by atoms with Crippen molar-refractivity contribution in [3.8, 4) is 16.7 Å². The molecule has 10 heteroatoms. The first-order valence-corrected chi connectivity index (χ1v) is 12.8. The van der Waals surface area contributed by atoms with E-state index in [-0.39, 0.29) is 24.2 Å². The van der Waals surface area contributed by atoms with Gasteiger partial charge in [0.1, 0.15) is 17.2 Å². The molecule has 1 fully saturated rings. The van der Waals surface area contributed by atoms with Crippen LogP contribution in [-0.2, 0) is 4.74 Å². The van der Waals surface area contributed by atoms with Gasteiger partial charge in [0.15, 0.2) is 0 Å². The summed E-state index contributed by atoms with van der Waals surface area (Å²) in [7, 11) is 0. The molecule has 3 aromatic rings. The Labute approximate surface area is 218 Å². The van der Waals surface area contributed by atoms with Gasteiger partial charge in [-0.15, -0.1) is 0 Å². The third-order valence-electron chi connectivity index (χ3n) is 5.20. The van der Waals surface area contributed by atoms with Gasteiger partial charge in [-0.1, -0.05) is 29.0 Å². The van der Waals surface area contributed by atoms with Gasteiger partial charge >= 0.3 is 5.97 Å². The SMILES string of the molecule is CCOC(=O)c1cc(C(=O)N[C@@H](C)/C=C/c2cnc(Oc3ccc(OCC4CC4)cc3Cl)s2)ccn1. The van der Waals surface area contributed by atoms with Crippen LogP contribution in [0.4, 0.5) is 0 Å². The van der Waals surface area contributed by atoms with Gasteiger partial charge in [-0.05, 0) is 62.9 Å². The summed E-state index contributed by atoms with van der Waals surface area (Å²) in [6.07, 6.45) is 9.22. The number of carbonyl (C=O) groups is 2. The lowest BCUT2D eigenvalue weighted by atomic mass is 10.2. The van der Waals surface area contributed by atoms with Crippen LogP contribution in [0.3, 0.4) is 0 Å². The summed E-state index contributed by atoms with van der Waals surface area (Å²) in [6, 6.07) is 8.02. The van der Waals surface area contributed by atoms with E-state index in [9.17, 15) is 9.59 Å². The van der Waals surface area contributed by atoms with E-state index in [1.54, 1.807) is 25.3 Å². The number of hydrogen-bond acceptors (Lipinski definition) is 8. The number of pyridine rings is 1. The molecule has 4 rings (SSSR count). The molecule has 1 aliphatic rings. The van der Waals surface area contributed by atoms with Gasteiger partial charge in [-0.3, -0.25) is 4.79 Å². The van der Waals surface area contributed by atoms with Crippen LogP contribution in [0.15, 0.2) is 48.8 Å². The molecule has 0 bridgehead atoms. The van der Waals surface area contributed by atoms with Gasteiger partial charge in [-0.25, -0.2) is 14.8 Å². The second kappa shape index (κ2) is 12.0. The van der Waals surface area contributed by atoms with Crippen LogP contribution in [0.5, 0.6) is 16.7 Å².